The first kappa shape index (κ1) is 24.0. The number of para-hydroxylation sites is 1. The molecule has 4 amide bonds. The van der Waals surface area contributed by atoms with Crippen molar-refractivity contribution < 1.29 is 22.8 Å². The van der Waals surface area contributed by atoms with E-state index in [9.17, 15) is 22.8 Å². The molecule has 0 saturated heterocycles. The van der Waals surface area contributed by atoms with E-state index in [-0.39, 0.29) is 23.1 Å². The standard InChI is InChI=1S/C25H27N5O5S/c1-30-21-10-6-5-7-16(21)14-26-25(23(30)32,18-8-3-2-4-9-18)28-24(33)27-19-12-11-17-15-36(34,35)29-22(31)20(17)13-19/h5-7,10-14,18H,2-4,8-9,15H2,1H3,(H,29,31)(H2,27,28,33). The monoisotopic (exact) mass is 509 g/mol. The highest BCUT2D eigenvalue weighted by Gasteiger charge is 2.49. The molecule has 1 unspecified atom stereocenters. The Balaban J connectivity index is 1.45. The van der Waals surface area contributed by atoms with Crippen molar-refractivity contribution in [3.8, 4) is 0 Å². The summed E-state index contributed by atoms with van der Waals surface area (Å²) < 4.78 is 25.6. The van der Waals surface area contributed by atoms with E-state index in [4.69, 9.17) is 4.99 Å². The highest BCUT2D eigenvalue weighted by molar-refractivity contribution is 7.89. The lowest BCUT2D eigenvalue weighted by Crippen LogP contribution is -2.63. The van der Waals surface area contributed by atoms with Crippen molar-refractivity contribution in [2.24, 2.45) is 10.9 Å². The maximum atomic E-state index is 13.9. The molecule has 0 aromatic heterocycles. The van der Waals surface area contributed by atoms with Gasteiger partial charge in [-0.2, -0.15) is 0 Å². The molecule has 10 nitrogen and oxygen atoms in total. The summed E-state index contributed by atoms with van der Waals surface area (Å²) in [5.74, 6) is -1.57. The summed E-state index contributed by atoms with van der Waals surface area (Å²) in [6.07, 6.45) is 6.10. The minimum atomic E-state index is -3.72. The van der Waals surface area contributed by atoms with Gasteiger partial charge in [0.1, 0.15) is 0 Å². The first-order valence-corrected chi connectivity index (χ1v) is 13.5. The average molecular weight is 510 g/mol. The smallest absolute Gasteiger partial charge is 0.311 e. The largest absolute Gasteiger partial charge is 0.321 e. The summed E-state index contributed by atoms with van der Waals surface area (Å²) >= 11 is 0. The molecule has 1 fully saturated rings. The van der Waals surface area contributed by atoms with Crippen molar-refractivity contribution >= 4 is 45.5 Å². The molecule has 0 bridgehead atoms. The van der Waals surface area contributed by atoms with Crippen LogP contribution in [-0.2, 0) is 20.6 Å². The lowest BCUT2D eigenvalue weighted by atomic mass is 9.79. The number of carbonyl (C=O) groups is 3. The number of rotatable bonds is 3. The molecule has 2 aromatic rings. The van der Waals surface area contributed by atoms with Crippen molar-refractivity contribution in [2.75, 3.05) is 17.3 Å². The van der Waals surface area contributed by atoms with Crippen molar-refractivity contribution in [3.63, 3.8) is 0 Å². The Labute approximate surface area is 209 Å². The van der Waals surface area contributed by atoms with Gasteiger partial charge in [0.25, 0.3) is 11.8 Å². The van der Waals surface area contributed by atoms with E-state index < -0.39 is 27.6 Å². The van der Waals surface area contributed by atoms with Crippen LogP contribution in [0, 0.1) is 5.92 Å². The first-order chi connectivity index (χ1) is 17.2. The topological polar surface area (TPSA) is 137 Å². The van der Waals surface area contributed by atoms with Crippen LogP contribution in [0.2, 0.25) is 0 Å². The number of hydrogen-bond donors (Lipinski definition) is 3. The molecule has 3 aliphatic rings. The minimum absolute atomic E-state index is 0.170. The van der Waals surface area contributed by atoms with E-state index in [0.717, 1.165) is 37.7 Å². The number of fused-ring (bicyclic) bond motifs is 2. The Hall–Kier alpha value is -3.73. The second kappa shape index (κ2) is 9.05. The van der Waals surface area contributed by atoms with Crippen LogP contribution in [0.3, 0.4) is 0 Å². The number of nitrogens with zero attached hydrogens (tertiary/aromatic N) is 2. The molecular weight excluding hydrogens is 482 g/mol. The van der Waals surface area contributed by atoms with Crippen LogP contribution in [0.5, 0.6) is 0 Å². The van der Waals surface area contributed by atoms with E-state index in [1.54, 1.807) is 18.2 Å². The van der Waals surface area contributed by atoms with Crippen molar-refractivity contribution in [2.45, 2.75) is 43.5 Å². The molecule has 2 aromatic carbocycles. The van der Waals surface area contributed by atoms with E-state index >= 15 is 0 Å². The number of anilines is 2. The van der Waals surface area contributed by atoms with Gasteiger partial charge in [0.15, 0.2) is 0 Å². The summed E-state index contributed by atoms with van der Waals surface area (Å²) in [7, 11) is -2.03. The number of carbonyl (C=O) groups excluding carboxylic acids is 3. The van der Waals surface area contributed by atoms with Crippen LogP contribution in [0.25, 0.3) is 0 Å². The van der Waals surface area contributed by atoms with E-state index in [0.29, 0.717) is 16.9 Å². The summed E-state index contributed by atoms with van der Waals surface area (Å²) in [5.41, 5.74) is 0.819. The number of nitrogens with one attached hydrogen (secondary N) is 3. The predicted octanol–water partition coefficient (Wildman–Crippen LogP) is 2.75. The lowest BCUT2D eigenvalue weighted by molar-refractivity contribution is -0.126. The maximum Gasteiger partial charge on any atom is 0.321 e. The highest BCUT2D eigenvalue weighted by atomic mass is 32.2. The molecule has 5 rings (SSSR count). The molecule has 0 radical (unpaired) electrons. The van der Waals surface area contributed by atoms with Gasteiger partial charge in [-0.15, -0.1) is 0 Å². The van der Waals surface area contributed by atoms with Gasteiger partial charge >= 0.3 is 6.03 Å². The van der Waals surface area contributed by atoms with Gasteiger partial charge in [0.05, 0.1) is 11.4 Å². The van der Waals surface area contributed by atoms with Crippen molar-refractivity contribution in [1.82, 2.24) is 10.0 Å². The quantitative estimate of drug-likeness (QED) is 0.584. The van der Waals surface area contributed by atoms with Crippen LogP contribution >= 0.6 is 0 Å². The average Bonchev–Trinajstić information content (AvgIpc) is 2.96. The third-order valence-electron chi connectivity index (χ3n) is 7.04. The molecule has 2 aliphatic heterocycles. The molecule has 0 spiro atoms. The first-order valence-electron chi connectivity index (χ1n) is 11.9. The molecule has 3 N–H and O–H groups in total. The molecule has 188 valence electrons. The summed E-state index contributed by atoms with van der Waals surface area (Å²) in [6, 6.07) is 11.2. The summed E-state index contributed by atoms with van der Waals surface area (Å²) in [5, 5.41) is 5.57. The highest BCUT2D eigenvalue weighted by Crippen LogP contribution is 2.38. The Morgan fingerprint density at radius 1 is 1.11 bits per heavy atom. The fraction of sp³-hybridized carbons (Fsp3) is 0.360. The number of urea groups is 1. The molecule has 1 saturated carbocycles. The van der Waals surface area contributed by atoms with Gasteiger partial charge in [-0.25, -0.2) is 17.9 Å². The maximum absolute atomic E-state index is 13.9. The van der Waals surface area contributed by atoms with Gasteiger partial charge in [0.2, 0.25) is 15.7 Å². The fourth-order valence-corrected chi connectivity index (χ4v) is 6.37. The molecule has 1 atom stereocenters. The minimum Gasteiger partial charge on any atom is -0.311 e. The fourth-order valence-electron chi connectivity index (χ4n) is 5.25. The molecular formula is C25H27N5O5S. The van der Waals surface area contributed by atoms with Crippen LogP contribution < -0.4 is 20.3 Å². The van der Waals surface area contributed by atoms with Crippen LogP contribution in [0.15, 0.2) is 47.5 Å². The van der Waals surface area contributed by atoms with Gasteiger partial charge in [0, 0.05) is 36.0 Å². The van der Waals surface area contributed by atoms with E-state index in [2.05, 4.69) is 10.6 Å². The normalized spacial score (nSPS) is 23.2. The van der Waals surface area contributed by atoms with Gasteiger partial charge in [-0.3, -0.25) is 14.6 Å². The number of amides is 4. The van der Waals surface area contributed by atoms with Crippen molar-refractivity contribution in [3.05, 3.63) is 59.2 Å². The zero-order valence-electron chi connectivity index (χ0n) is 19.8. The zero-order chi connectivity index (χ0) is 25.5. The van der Waals surface area contributed by atoms with Crippen molar-refractivity contribution in [1.29, 1.82) is 0 Å². The lowest BCUT2D eigenvalue weighted by Gasteiger charge is -2.40. The van der Waals surface area contributed by atoms with Crippen LogP contribution in [0.4, 0.5) is 16.2 Å². The van der Waals surface area contributed by atoms with Crippen LogP contribution in [-0.4, -0.2) is 45.2 Å². The Morgan fingerprint density at radius 3 is 2.64 bits per heavy atom. The summed E-state index contributed by atoms with van der Waals surface area (Å²) in [4.78, 5) is 45.6. The second-order valence-corrected chi connectivity index (χ2v) is 11.1. The number of sulfonamides is 1. The predicted molar refractivity (Wildman–Crippen MR) is 135 cm³/mol. The number of benzodiazepines with no additional fused rings is 1. The van der Waals surface area contributed by atoms with E-state index in [1.165, 1.54) is 18.2 Å². The van der Waals surface area contributed by atoms with Gasteiger partial charge < -0.3 is 15.5 Å². The number of likely N-dealkylation sites (N-methyl/N-ethyl adjacent to an activating group) is 1. The summed E-state index contributed by atoms with van der Waals surface area (Å²) in [6.45, 7) is 0. The number of aliphatic imine (C=N–C) groups is 1. The van der Waals surface area contributed by atoms with Gasteiger partial charge in [-0.05, 0) is 36.6 Å². The SMILES string of the molecule is CN1C(=O)C(NC(=O)Nc2ccc3c(c2)C(=O)NS(=O)(=O)C3)(C2CCCCC2)N=Cc2ccccc21. The van der Waals surface area contributed by atoms with E-state index in [1.807, 2.05) is 29.0 Å². The Kier molecular flexibility index (Phi) is 6.03. The number of benzene rings is 2. The Morgan fingerprint density at radius 2 is 1.86 bits per heavy atom. The number of hydrogen-bond acceptors (Lipinski definition) is 6. The second-order valence-electron chi connectivity index (χ2n) is 9.42. The molecule has 11 heteroatoms. The molecule has 36 heavy (non-hydrogen) atoms. The zero-order valence-corrected chi connectivity index (χ0v) is 20.6. The van der Waals surface area contributed by atoms with Crippen LogP contribution in [0.1, 0.15) is 53.6 Å². The Bertz CT molecular complexity index is 1380. The third kappa shape index (κ3) is 4.34. The molecule has 2 heterocycles. The third-order valence-corrected chi connectivity index (χ3v) is 8.23. The van der Waals surface area contributed by atoms with Gasteiger partial charge in [-0.1, -0.05) is 43.5 Å². The molecule has 1 aliphatic carbocycles.